The molecule has 0 radical (unpaired) electrons. The molecule has 1 saturated heterocycles. The Bertz CT molecular complexity index is 852. The monoisotopic (exact) mass is 394 g/mol. The minimum Gasteiger partial charge on any atom is -0.494 e. The Morgan fingerprint density at radius 3 is 2.86 bits per heavy atom. The number of benzene rings is 1. The van der Waals surface area contributed by atoms with Gasteiger partial charge in [0.05, 0.1) is 12.3 Å². The van der Waals surface area contributed by atoms with Crippen LogP contribution in [0.1, 0.15) is 48.3 Å². The number of ether oxygens (including phenoxy) is 1. The lowest BCUT2D eigenvalue weighted by Gasteiger charge is -2.27. The van der Waals surface area contributed by atoms with E-state index in [1.54, 1.807) is 6.92 Å². The number of aromatic nitrogens is 2. The SMILES string of the molecule is CC(=O)N1CCc2nc([C@@H]3CCN(CCCOc4ccc(C)cc4)C3)ncc2C1. The fraction of sp³-hybridized carbons (Fsp3) is 0.522. The van der Waals surface area contributed by atoms with E-state index >= 15 is 0 Å². The zero-order chi connectivity index (χ0) is 20.2. The van der Waals surface area contributed by atoms with Crippen molar-refractivity contribution in [2.45, 2.75) is 45.6 Å². The molecule has 0 aliphatic carbocycles. The lowest BCUT2D eigenvalue weighted by Crippen LogP contribution is -2.35. The van der Waals surface area contributed by atoms with Crippen LogP contribution in [-0.4, -0.2) is 58.5 Å². The Morgan fingerprint density at radius 2 is 2.07 bits per heavy atom. The number of aryl methyl sites for hydroxylation is 1. The number of rotatable bonds is 6. The average Bonchev–Trinajstić information content (AvgIpc) is 3.20. The van der Waals surface area contributed by atoms with E-state index in [0.717, 1.165) is 74.9 Å². The van der Waals surface area contributed by atoms with Crippen molar-refractivity contribution in [2.24, 2.45) is 0 Å². The van der Waals surface area contributed by atoms with Crippen LogP contribution in [-0.2, 0) is 17.8 Å². The molecule has 6 heteroatoms. The summed E-state index contributed by atoms with van der Waals surface area (Å²) >= 11 is 0. The summed E-state index contributed by atoms with van der Waals surface area (Å²) < 4.78 is 5.84. The van der Waals surface area contributed by atoms with E-state index in [-0.39, 0.29) is 5.91 Å². The van der Waals surface area contributed by atoms with Crippen molar-refractivity contribution in [1.29, 1.82) is 0 Å². The number of likely N-dealkylation sites (tertiary alicyclic amines) is 1. The van der Waals surface area contributed by atoms with Crippen LogP contribution in [0.5, 0.6) is 5.75 Å². The third-order valence-corrected chi connectivity index (χ3v) is 5.94. The van der Waals surface area contributed by atoms with Gasteiger partial charge in [-0.2, -0.15) is 0 Å². The van der Waals surface area contributed by atoms with Crippen LogP contribution < -0.4 is 4.74 Å². The second kappa shape index (κ2) is 8.91. The summed E-state index contributed by atoms with van der Waals surface area (Å²) in [6.45, 7) is 9.00. The molecular formula is C23H30N4O2. The summed E-state index contributed by atoms with van der Waals surface area (Å²) in [6.07, 6.45) is 4.89. The minimum atomic E-state index is 0.123. The normalized spacial score (nSPS) is 19.2. The van der Waals surface area contributed by atoms with Crippen LogP contribution >= 0.6 is 0 Å². The highest BCUT2D eigenvalue weighted by atomic mass is 16.5. The molecule has 1 aromatic heterocycles. The first-order valence-corrected chi connectivity index (χ1v) is 10.6. The van der Waals surface area contributed by atoms with Gasteiger partial charge in [-0.3, -0.25) is 4.79 Å². The lowest BCUT2D eigenvalue weighted by atomic mass is 10.0. The first-order chi connectivity index (χ1) is 14.1. The summed E-state index contributed by atoms with van der Waals surface area (Å²) in [5.41, 5.74) is 3.47. The third-order valence-electron chi connectivity index (χ3n) is 5.94. The van der Waals surface area contributed by atoms with Crippen molar-refractivity contribution in [3.63, 3.8) is 0 Å². The molecule has 0 saturated carbocycles. The molecule has 4 rings (SSSR count). The highest BCUT2D eigenvalue weighted by molar-refractivity contribution is 5.73. The quantitative estimate of drug-likeness (QED) is 0.705. The molecule has 2 aromatic rings. The number of fused-ring (bicyclic) bond motifs is 1. The van der Waals surface area contributed by atoms with Crippen molar-refractivity contribution >= 4 is 5.91 Å². The van der Waals surface area contributed by atoms with Gasteiger partial charge in [-0.15, -0.1) is 0 Å². The van der Waals surface area contributed by atoms with Crippen LogP contribution in [0.25, 0.3) is 0 Å². The maximum Gasteiger partial charge on any atom is 0.219 e. The van der Waals surface area contributed by atoms with Gasteiger partial charge in [0.25, 0.3) is 0 Å². The highest BCUT2D eigenvalue weighted by Gasteiger charge is 2.27. The van der Waals surface area contributed by atoms with E-state index in [4.69, 9.17) is 9.72 Å². The first-order valence-electron chi connectivity index (χ1n) is 10.6. The zero-order valence-electron chi connectivity index (χ0n) is 17.4. The van der Waals surface area contributed by atoms with E-state index < -0.39 is 0 Å². The summed E-state index contributed by atoms with van der Waals surface area (Å²) in [6, 6.07) is 8.22. The molecule has 1 aromatic carbocycles. The van der Waals surface area contributed by atoms with Crippen molar-refractivity contribution in [3.05, 3.63) is 53.1 Å². The molecule has 29 heavy (non-hydrogen) atoms. The predicted octanol–water partition coefficient (Wildman–Crippen LogP) is 2.95. The van der Waals surface area contributed by atoms with Gasteiger partial charge in [0, 0.05) is 57.2 Å². The topological polar surface area (TPSA) is 58.6 Å². The lowest BCUT2D eigenvalue weighted by molar-refractivity contribution is -0.129. The summed E-state index contributed by atoms with van der Waals surface area (Å²) in [5.74, 6) is 2.45. The second-order valence-corrected chi connectivity index (χ2v) is 8.19. The molecular weight excluding hydrogens is 364 g/mol. The highest BCUT2D eigenvalue weighted by Crippen LogP contribution is 2.26. The molecule has 154 valence electrons. The Kier molecular flexibility index (Phi) is 6.09. The molecule has 1 atom stereocenters. The van der Waals surface area contributed by atoms with Gasteiger partial charge in [-0.05, 0) is 38.4 Å². The van der Waals surface area contributed by atoms with Crippen molar-refractivity contribution in [1.82, 2.24) is 19.8 Å². The molecule has 0 N–H and O–H groups in total. The van der Waals surface area contributed by atoms with Crippen LogP contribution in [0.2, 0.25) is 0 Å². The van der Waals surface area contributed by atoms with E-state index in [2.05, 4.69) is 28.9 Å². The number of hydrogen-bond acceptors (Lipinski definition) is 5. The van der Waals surface area contributed by atoms with Crippen LogP contribution in [0, 0.1) is 6.92 Å². The first kappa shape index (κ1) is 19.8. The molecule has 2 aliphatic heterocycles. The van der Waals surface area contributed by atoms with Crippen molar-refractivity contribution in [2.75, 3.05) is 32.8 Å². The molecule has 0 spiro atoms. The Balaban J connectivity index is 1.24. The number of carbonyl (C=O) groups is 1. The van der Waals surface area contributed by atoms with Crippen LogP contribution in [0.4, 0.5) is 0 Å². The smallest absolute Gasteiger partial charge is 0.219 e. The summed E-state index contributed by atoms with van der Waals surface area (Å²) in [5, 5.41) is 0. The Morgan fingerprint density at radius 1 is 1.24 bits per heavy atom. The van der Waals surface area contributed by atoms with Crippen molar-refractivity contribution < 1.29 is 9.53 Å². The number of hydrogen-bond donors (Lipinski definition) is 0. The van der Waals surface area contributed by atoms with Gasteiger partial charge in [0.15, 0.2) is 0 Å². The number of amides is 1. The fourth-order valence-electron chi connectivity index (χ4n) is 4.16. The molecule has 1 amide bonds. The second-order valence-electron chi connectivity index (χ2n) is 8.19. The largest absolute Gasteiger partial charge is 0.494 e. The average molecular weight is 395 g/mol. The molecule has 1 fully saturated rings. The summed E-state index contributed by atoms with van der Waals surface area (Å²) in [7, 11) is 0. The standard InChI is InChI=1S/C23H30N4O2/c1-17-4-6-21(7-5-17)29-13-3-10-26-11-8-19(15-26)23-24-14-20-16-27(18(2)28)12-9-22(20)25-23/h4-7,14,19H,3,8-13,15-16H2,1-2H3/t19-/m1/s1. The molecule has 6 nitrogen and oxygen atoms in total. The maximum atomic E-state index is 11.6. The zero-order valence-corrected chi connectivity index (χ0v) is 17.4. The van der Waals surface area contributed by atoms with E-state index in [1.165, 1.54) is 5.56 Å². The van der Waals surface area contributed by atoms with Crippen LogP contribution in [0.15, 0.2) is 30.5 Å². The maximum absolute atomic E-state index is 11.6. The number of carbonyl (C=O) groups excluding carboxylic acids is 1. The van der Waals surface area contributed by atoms with E-state index in [0.29, 0.717) is 12.5 Å². The minimum absolute atomic E-state index is 0.123. The molecule has 2 aliphatic rings. The van der Waals surface area contributed by atoms with Gasteiger partial charge in [-0.1, -0.05) is 17.7 Å². The van der Waals surface area contributed by atoms with E-state index in [1.807, 2.05) is 23.2 Å². The predicted molar refractivity (Wildman–Crippen MR) is 112 cm³/mol. The fourth-order valence-corrected chi connectivity index (χ4v) is 4.16. The van der Waals surface area contributed by atoms with Crippen molar-refractivity contribution in [3.8, 4) is 5.75 Å². The van der Waals surface area contributed by atoms with Gasteiger partial charge in [0.2, 0.25) is 5.91 Å². The number of nitrogens with zero attached hydrogens (tertiary/aromatic N) is 4. The van der Waals surface area contributed by atoms with Gasteiger partial charge < -0.3 is 14.5 Å². The molecule has 0 bridgehead atoms. The Hall–Kier alpha value is -2.47. The van der Waals surface area contributed by atoms with Gasteiger partial charge >= 0.3 is 0 Å². The molecule has 3 heterocycles. The van der Waals surface area contributed by atoms with Gasteiger partial charge in [0.1, 0.15) is 11.6 Å². The Labute approximate surface area is 172 Å². The van der Waals surface area contributed by atoms with Crippen LogP contribution in [0.3, 0.4) is 0 Å². The van der Waals surface area contributed by atoms with E-state index in [9.17, 15) is 4.79 Å². The van der Waals surface area contributed by atoms with Gasteiger partial charge in [-0.25, -0.2) is 9.97 Å². The molecule has 0 unspecified atom stereocenters. The summed E-state index contributed by atoms with van der Waals surface area (Å²) in [4.78, 5) is 25.5. The third kappa shape index (κ3) is 4.93.